The molecule has 0 spiro atoms. The quantitative estimate of drug-likeness (QED) is 0.336. The summed E-state index contributed by atoms with van der Waals surface area (Å²) in [6.07, 6.45) is 14.0. The number of rotatable bonds is 11. The number of hydrogen-bond acceptors (Lipinski definition) is 4. The van der Waals surface area contributed by atoms with Crippen molar-refractivity contribution in [1.29, 1.82) is 0 Å². The minimum atomic E-state index is -0.458. The van der Waals surface area contributed by atoms with E-state index in [2.05, 4.69) is 41.3 Å². The van der Waals surface area contributed by atoms with Crippen LogP contribution in [0.1, 0.15) is 51.9 Å². The number of hydrogen-bond donors (Lipinski definition) is 2. The van der Waals surface area contributed by atoms with E-state index < -0.39 is 6.10 Å². The predicted molar refractivity (Wildman–Crippen MR) is 101 cm³/mol. The Hall–Kier alpha value is -1.62. The molecule has 2 aliphatic rings. The van der Waals surface area contributed by atoms with Crippen molar-refractivity contribution >= 4 is 11.9 Å². The Morgan fingerprint density at radius 3 is 2.81 bits per heavy atom. The van der Waals surface area contributed by atoms with Crippen LogP contribution in [0.4, 0.5) is 0 Å². The van der Waals surface area contributed by atoms with Gasteiger partial charge in [-0.25, -0.2) is 0 Å². The molecule has 0 aliphatic heterocycles. The van der Waals surface area contributed by atoms with Crippen LogP contribution in [0.15, 0.2) is 24.3 Å². The summed E-state index contributed by atoms with van der Waals surface area (Å²) in [6, 6.07) is 0. The van der Waals surface area contributed by atoms with Gasteiger partial charge >= 0.3 is 5.97 Å². The molecule has 2 N–H and O–H groups in total. The third kappa shape index (κ3) is 5.70. The number of aliphatic hydroxyl groups is 1. The monoisotopic (exact) mass is 363 g/mol. The van der Waals surface area contributed by atoms with Crippen LogP contribution in [-0.4, -0.2) is 36.7 Å². The highest BCUT2D eigenvalue weighted by Crippen LogP contribution is 2.48. The van der Waals surface area contributed by atoms with Crippen LogP contribution in [0.5, 0.6) is 0 Å². The summed E-state index contributed by atoms with van der Waals surface area (Å²) in [5.41, 5.74) is 0. The number of nitrogens with one attached hydrogen (secondary N) is 1. The maximum Gasteiger partial charge on any atom is 0.305 e. The molecule has 2 bridgehead atoms. The Morgan fingerprint density at radius 2 is 2.08 bits per heavy atom. The Morgan fingerprint density at radius 1 is 1.31 bits per heavy atom. The SMILES string of the molecule is CCCCC(O)CNC(=O)C1C2C=CC(C2)C1C=CCCCC(=O)OC. The van der Waals surface area contributed by atoms with Gasteiger partial charge in [0.05, 0.1) is 19.1 Å². The van der Waals surface area contributed by atoms with Crippen LogP contribution >= 0.6 is 0 Å². The van der Waals surface area contributed by atoms with Crippen molar-refractivity contribution in [2.45, 2.75) is 58.0 Å². The summed E-state index contributed by atoms with van der Waals surface area (Å²) in [5, 5.41) is 12.9. The number of amides is 1. The first kappa shape index (κ1) is 20.7. The van der Waals surface area contributed by atoms with Crippen LogP contribution in [-0.2, 0) is 14.3 Å². The van der Waals surface area contributed by atoms with Crippen molar-refractivity contribution in [2.75, 3.05) is 13.7 Å². The Balaban J connectivity index is 1.82. The number of aliphatic hydroxyl groups excluding tert-OH is 1. The second-order valence-electron chi connectivity index (χ2n) is 7.49. The number of esters is 1. The zero-order valence-corrected chi connectivity index (χ0v) is 16.0. The average Bonchev–Trinajstić information content (AvgIpc) is 3.25. The molecule has 1 amide bonds. The maximum absolute atomic E-state index is 12.7. The highest BCUT2D eigenvalue weighted by molar-refractivity contribution is 5.80. The summed E-state index contributed by atoms with van der Waals surface area (Å²) < 4.78 is 4.64. The van der Waals surface area contributed by atoms with Crippen molar-refractivity contribution < 1.29 is 19.4 Å². The maximum atomic E-state index is 12.7. The number of carbonyl (C=O) groups is 2. The molecule has 5 atom stereocenters. The third-order valence-corrected chi connectivity index (χ3v) is 5.56. The molecule has 5 unspecified atom stereocenters. The van der Waals surface area contributed by atoms with Gasteiger partial charge in [0.2, 0.25) is 5.91 Å². The van der Waals surface area contributed by atoms with Crippen LogP contribution in [0.3, 0.4) is 0 Å². The molecule has 0 heterocycles. The highest BCUT2D eigenvalue weighted by atomic mass is 16.5. The molecule has 1 saturated carbocycles. The summed E-state index contributed by atoms with van der Waals surface area (Å²) >= 11 is 0. The van der Waals surface area contributed by atoms with Crippen LogP contribution in [0.2, 0.25) is 0 Å². The number of allylic oxidation sites excluding steroid dienone is 4. The summed E-state index contributed by atoms with van der Waals surface area (Å²) in [5.74, 6) is 0.785. The van der Waals surface area contributed by atoms with E-state index in [1.165, 1.54) is 7.11 Å². The molecular weight excluding hydrogens is 330 g/mol. The molecule has 1 fully saturated rings. The van der Waals surface area contributed by atoms with Crippen molar-refractivity contribution in [2.24, 2.45) is 23.7 Å². The van der Waals surface area contributed by atoms with Gasteiger partial charge in [0.25, 0.3) is 0 Å². The van der Waals surface area contributed by atoms with Gasteiger partial charge in [-0.3, -0.25) is 9.59 Å². The van der Waals surface area contributed by atoms with Crippen LogP contribution in [0.25, 0.3) is 0 Å². The third-order valence-electron chi connectivity index (χ3n) is 5.56. The summed E-state index contributed by atoms with van der Waals surface area (Å²) in [7, 11) is 1.40. The van der Waals surface area contributed by atoms with Crippen molar-refractivity contribution in [3.8, 4) is 0 Å². The highest BCUT2D eigenvalue weighted by Gasteiger charge is 2.46. The lowest BCUT2D eigenvalue weighted by Gasteiger charge is -2.25. The summed E-state index contributed by atoms with van der Waals surface area (Å²) in [6.45, 7) is 2.43. The van der Waals surface area contributed by atoms with E-state index >= 15 is 0 Å². The molecule has 2 rings (SSSR count). The molecule has 26 heavy (non-hydrogen) atoms. The van der Waals surface area contributed by atoms with E-state index in [0.29, 0.717) is 24.8 Å². The topological polar surface area (TPSA) is 75.6 Å². The molecule has 0 radical (unpaired) electrons. The molecule has 0 aromatic rings. The Bertz CT molecular complexity index is 528. The lowest BCUT2D eigenvalue weighted by molar-refractivity contribution is -0.140. The second-order valence-corrected chi connectivity index (χ2v) is 7.49. The molecule has 146 valence electrons. The zero-order valence-electron chi connectivity index (χ0n) is 16.0. The van der Waals surface area contributed by atoms with E-state index in [9.17, 15) is 14.7 Å². The van der Waals surface area contributed by atoms with Crippen molar-refractivity contribution in [1.82, 2.24) is 5.32 Å². The normalized spacial score (nSPS) is 27.8. The fraction of sp³-hybridized carbons (Fsp3) is 0.714. The largest absolute Gasteiger partial charge is 0.469 e. The minimum absolute atomic E-state index is 0.0415. The molecule has 0 saturated heterocycles. The van der Waals surface area contributed by atoms with E-state index in [1.54, 1.807) is 0 Å². The first-order chi connectivity index (χ1) is 12.6. The Labute approximate surface area is 156 Å². The van der Waals surface area contributed by atoms with Gasteiger partial charge < -0.3 is 15.2 Å². The number of ether oxygens (including phenoxy) is 1. The molecule has 2 aliphatic carbocycles. The van der Waals surface area contributed by atoms with Gasteiger partial charge in [-0.05, 0) is 43.4 Å². The summed E-state index contributed by atoms with van der Waals surface area (Å²) in [4.78, 5) is 23.8. The first-order valence-corrected chi connectivity index (χ1v) is 9.94. The molecule has 0 aromatic carbocycles. The number of fused-ring (bicyclic) bond motifs is 2. The van der Waals surface area contributed by atoms with E-state index in [4.69, 9.17) is 0 Å². The predicted octanol–water partition coefficient (Wildman–Crippen LogP) is 2.99. The zero-order chi connectivity index (χ0) is 18.9. The lowest BCUT2D eigenvalue weighted by Crippen LogP contribution is -2.40. The standard InChI is InChI=1S/C21H33NO4/c1-3-4-8-17(23)14-22-21(25)20-16-12-11-15(13-16)18(20)9-6-5-7-10-19(24)26-2/h6,9,11-12,15-18,20,23H,3-5,7-8,10,13-14H2,1-2H3,(H,22,25). The second kappa shape index (κ2) is 10.5. The van der Waals surface area contributed by atoms with Crippen molar-refractivity contribution in [3.05, 3.63) is 24.3 Å². The Kier molecular flexibility index (Phi) is 8.36. The van der Waals surface area contributed by atoms with Gasteiger partial charge in [-0.1, -0.05) is 44.1 Å². The molecule has 5 nitrogen and oxygen atoms in total. The molecular formula is C21H33NO4. The van der Waals surface area contributed by atoms with Crippen molar-refractivity contribution in [3.63, 3.8) is 0 Å². The van der Waals surface area contributed by atoms with Crippen LogP contribution in [0, 0.1) is 23.7 Å². The van der Waals surface area contributed by atoms with Gasteiger partial charge in [-0.15, -0.1) is 0 Å². The number of carbonyl (C=O) groups excluding carboxylic acids is 2. The van der Waals surface area contributed by atoms with Gasteiger partial charge in [0, 0.05) is 13.0 Å². The number of unbranched alkanes of at least 4 members (excludes halogenated alkanes) is 2. The fourth-order valence-electron chi connectivity index (χ4n) is 4.09. The molecule has 5 heteroatoms. The molecule has 0 aromatic heterocycles. The minimum Gasteiger partial charge on any atom is -0.469 e. The average molecular weight is 363 g/mol. The van der Waals surface area contributed by atoms with Gasteiger partial charge in [0.1, 0.15) is 0 Å². The smallest absolute Gasteiger partial charge is 0.305 e. The van der Waals surface area contributed by atoms with E-state index in [0.717, 1.165) is 38.5 Å². The van der Waals surface area contributed by atoms with E-state index in [1.807, 2.05) is 0 Å². The van der Waals surface area contributed by atoms with Crippen LogP contribution < -0.4 is 5.32 Å². The van der Waals surface area contributed by atoms with Gasteiger partial charge in [0.15, 0.2) is 0 Å². The lowest BCUT2D eigenvalue weighted by atomic mass is 9.82. The number of methoxy groups -OCH3 is 1. The fourth-order valence-corrected chi connectivity index (χ4v) is 4.09. The van der Waals surface area contributed by atoms with Gasteiger partial charge in [-0.2, -0.15) is 0 Å². The van der Waals surface area contributed by atoms with E-state index in [-0.39, 0.29) is 23.7 Å². The first-order valence-electron chi connectivity index (χ1n) is 9.94.